The van der Waals surface area contributed by atoms with E-state index in [4.69, 9.17) is 0 Å². The molecule has 0 N–H and O–H groups in total. The highest BCUT2D eigenvalue weighted by atomic mass is 16.2. The Labute approximate surface area is 153 Å². The molecule has 9 heteroatoms. The number of carbonyl (C=O) groups is 1. The van der Waals surface area contributed by atoms with Gasteiger partial charge in [0.15, 0.2) is 11.2 Å². The molecule has 4 rings (SSSR count). The van der Waals surface area contributed by atoms with Gasteiger partial charge in [-0.3, -0.25) is 23.3 Å². The van der Waals surface area contributed by atoms with Crippen LogP contribution in [-0.2, 0) is 25.4 Å². The van der Waals surface area contributed by atoms with Crippen LogP contribution in [0.1, 0.15) is 18.1 Å². The van der Waals surface area contributed by atoms with E-state index in [0.717, 1.165) is 15.7 Å². The Morgan fingerprint density at radius 2 is 1.74 bits per heavy atom. The molecule has 3 aromatic rings. The summed E-state index contributed by atoms with van der Waals surface area (Å²) in [5.41, 5.74) is 2.15. The maximum absolute atomic E-state index is 12.7. The van der Waals surface area contributed by atoms with Gasteiger partial charge in [-0.05, 0) is 12.5 Å². The Morgan fingerprint density at radius 3 is 2.37 bits per heavy atom. The first-order valence-electron chi connectivity index (χ1n) is 8.41. The van der Waals surface area contributed by atoms with Crippen LogP contribution in [0, 0.1) is 6.92 Å². The molecule has 0 saturated heterocycles. The maximum atomic E-state index is 12.7. The zero-order valence-electron chi connectivity index (χ0n) is 15.4. The molecule has 0 spiro atoms. The number of nitrogens with zero attached hydrogens (tertiary/aromatic N) is 6. The van der Waals surface area contributed by atoms with Crippen molar-refractivity contribution in [2.45, 2.75) is 20.4 Å². The molecule has 0 bridgehead atoms. The molecule has 0 unspecified atom stereocenters. The molecule has 27 heavy (non-hydrogen) atoms. The summed E-state index contributed by atoms with van der Waals surface area (Å²) in [6.07, 6.45) is 0. The number of hydrogen-bond acceptors (Lipinski definition) is 5. The SMILES string of the molecule is CC(=O)N1N=C(c2ccc(C)cc2)Cn2c1nc1c2c(=O)n(C)c(=O)n1C. The van der Waals surface area contributed by atoms with Crippen LogP contribution in [-0.4, -0.2) is 30.3 Å². The number of rotatable bonds is 1. The quantitative estimate of drug-likeness (QED) is 0.627. The highest BCUT2D eigenvalue weighted by Crippen LogP contribution is 2.25. The second-order valence-electron chi connectivity index (χ2n) is 6.62. The van der Waals surface area contributed by atoms with Gasteiger partial charge >= 0.3 is 5.69 Å². The van der Waals surface area contributed by atoms with Gasteiger partial charge in [-0.25, -0.2) is 4.79 Å². The fourth-order valence-corrected chi connectivity index (χ4v) is 3.20. The molecule has 1 aromatic carbocycles. The van der Waals surface area contributed by atoms with E-state index in [1.54, 1.807) is 11.6 Å². The Hall–Kier alpha value is -3.49. The number of hydrogen-bond donors (Lipinski definition) is 0. The van der Waals surface area contributed by atoms with E-state index in [-0.39, 0.29) is 29.6 Å². The smallest absolute Gasteiger partial charge is 0.296 e. The summed E-state index contributed by atoms with van der Waals surface area (Å²) in [6, 6.07) is 7.76. The summed E-state index contributed by atoms with van der Waals surface area (Å²) in [5, 5.41) is 5.61. The van der Waals surface area contributed by atoms with Gasteiger partial charge in [-0.15, -0.1) is 0 Å². The summed E-state index contributed by atoms with van der Waals surface area (Å²) in [7, 11) is 2.97. The molecule has 0 fully saturated rings. The van der Waals surface area contributed by atoms with Crippen molar-refractivity contribution in [3.05, 3.63) is 56.2 Å². The number of carbonyl (C=O) groups excluding carboxylic acids is 1. The van der Waals surface area contributed by atoms with Crippen LogP contribution in [0.2, 0.25) is 0 Å². The van der Waals surface area contributed by atoms with E-state index in [0.29, 0.717) is 5.71 Å². The van der Waals surface area contributed by atoms with Gasteiger partial charge in [-0.1, -0.05) is 29.8 Å². The van der Waals surface area contributed by atoms with Crippen LogP contribution < -0.4 is 16.3 Å². The molecule has 9 nitrogen and oxygen atoms in total. The number of aromatic nitrogens is 4. The molecule has 0 radical (unpaired) electrons. The first kappa shape index (κ1) is 17.0. The van der Waals surface area contributed by atoms with Crippen LogP contribution in [0.5, 0.6) is 0 Å². The molecule has 1 aliphatic rings. The van der Waals surface area contributed by atoms with Gasteiger partial charge in [0.25, 0.3) is 5.56 Å². The van der Waals surface area contributed by atoms with Gasteiger partial charge in [-0.2, -0.15) is 15.1 Å². The van der Waals surface area contributed by atoms with E-state index in [1.165, 1.54) is 23.5 Å². The van der Waals surface area contributed by atoms with E-state index in [2.05, 4.69) is 10.1 Å². The summed E-state index contributed by atoms with van der Waals surface area (Å²) >= 11 is 0. The largest absolute Gasteiger partial charge is 0.332 e. The highest BCUT2D eigenvalue weighted by Gasteiger charge is 2.29. The summed E-state index contributed by atoms with van der Waals surface area (Å²) in [4.78, 5) is 41.5. The zero-order chi connectivity index (χ0) is 19.5. The molecule has 1 aliphatic heterocycles. The number of amides is 1. The van der Waals surface area contributed by atoms with Crippen molar-refractivity contribution in [2.24, 2.45) is 19.2 Å². The molecule has 138 valence electrons. The Kier molecular flexibility index (Phi) is 3.62. The topological polar surface area (TPSA) is 94.5 Å². The normalized spacial score (nSPS) is 13.6. The average Bonchev–Trinajstić information content (AvgIpc) is 3.04. The van der Waals surface area contributed by atoms with Gasteiger partial charge < -0.3 is 0 Å². The van der Waals surface area contributed by atoms with Gasteiger partial charge in [0.1, 0.15) is 0 Å². The average molecular weight is 366 g/mol. The fraction of sp³-hybridized carbons (Fsp3) is 0.278. The highest BCUT2D eigenvalue weighted by molar-refractivity contribution is 6.06. The monoisotopic (exact) mass is 366 g/mol. The van der Waals surface area contributed by atoms with Crippen LogP contribution in [0.3, 0.4) is 0 Å². The lowest BCUT2D eigenvalue weighted by Crippen LogP contribution is -2.38. The summed E-state index contributed by atoms with van der Waals surface area (Å²) in [5.74, 6) is -0.107. The number of anilines is 1. The maximum Gasteiger partial charge on any atom is 0.332 e. The molecule has 0 atom stereocenters. The first-order chi connectivity index (χ1) is 12.8. The van der Waals surface area contributed by atoms with Crippen LogP contribution in [0.25, 0.3) is 11.2 Å². The fourth-order valence-electron chi connectivity index (χ4n) is 3.20. The van der Waals surface area contributed by atoms with Gasteiger partial charge in [0, 0.05) is 21.0 Å². The molecule has 2 aromatic heterocycles. The second kappa shape index (κ2) is 5.76. The van der Waals surface area contributed by atoms with Crippen molar-refractivity contribution >= 4 is 28.7 Å². The predicted octanol–water partition coefficient (Wildman–Crippen LogP) is 0.513. The lowest BCUT2D eigenvalue weighted by Gasteiger charge is -2.23. The van der Waals surface area contributed by atoms with E-state index >= 15 is 0 Å². The van der Waals surface area contributed by atoms with Crippen LogP contribution in [0.15, 0.2) is 39.0 Å². The minimum Gasteiger partial charge on any atom is -0.296 e. The van der Waals surface area contributed by atoms with Crippen molar-refractivity contribution in [2.75, 3.05) is 5.01 Å². The van der Waals surface area contributed by atoms with Gasteiger partial charge in [0.2, 0.25) is 11.9 Å². The third kappa shape index (κ3) is 2.42. The number of benzene rings is 1. The minimum atomic E-state index is -0.475. The summed E-state index contributed by atoms with van der Waals surface area (Å²) in [6.45, 7) is 3.63. The third-order valence-electron chi connectivity index (χ3n) is 4.73. The molecule has 1 amide bonds. The number of hydrazone groups is 1. The standard InChI is InChI=1S/C18H18N6O3/c1-10-5-7-12(8-6-10)13-9-23-14-15(19-17(23)24(20-13)11(2)25)21(3)18(27)22(4)16(14)26/h5-8H,9H2,1-4H3. The van der Waals surface area contributed by atoms with Crippen molar-refractivity contribution < 1.29 is 4.79 Å². The number of aryl methyl sites for hydroxylation is 2. The summed E-state index contributed by atoms with van der Waals surface area (Å²) < 4.78 is 3.97. The van der Waals surface area contributed by atoms with E-state index in [9.17, 15) is 14.4 Å². The lowest BCUT2D eigenvalue weighted by atomic mass is 10.1. The number of imidazole rings is 1. The third-order valence-corrected chi connectivity index (χ3v) is 4.73. The van der Waals surface area contributed by atoms with Gasteiger partial charge in [0.05, 0.1) is 12.3 Å². The molecule has 0 saturated carbocycles. The Bertz CT molecular complexity index is 1240. The number of fused-ring (bicyclic) bond motifs is 3. The van der Waals surface area contributed by atoms with Crippen molar-refractivity contribution in [1.82, 2.24) is 18.7 Å². The lowest BCUT2D eigenvalue weighted by molar-refractivity contribution is -0.116. The van der Waals surface area contributed by atoms with Crippen molar-refractivity contribution in [3.63, 3.8) is 0 Å². The zero-order valence-corrected chi connectivity index (χ0v) is 15.4. The Balaban J connectivity index is 2.01. The first-order valence-corrected chi connectivity index (χ1v) is 8.41. The van der Waals surface area contributed by atoms with Crippen LogP contribution >= 0.6 is 0 Å². The molecular weight excluding hydrogens is 348 g/mol. The predicted molar refractivity (Wildman–Crippen MR) is 101 cm³/mol. The Morgan fingerprint density at radius 1 is 1.07 bits per heavy atom. The minimum absolute atomic E-state index is 0.227. The van der Waals surface area contributed by atoms with E-state index < -0.39 is 11.2 Å². The van der Waals surface area contributed by atoms with Crippen LogP contribution in [0.4, 0.5) is 5.95 Å². The second-order valence-corrected chi connectivity index (χ2v) is 6.62. The molecule has 0 aliphatic carbocycles. The molecular formula is C18H18N6O3. The van der Waals surface area contributed by atoms with Crippen molar-refractivity contribution in [1.29, 1.82) is 0 Å². The van der Waals surface area contributed by atoms with E-state index in [1.807, 2.05) is 31.2 Å². The van der Waals surface area contributed by atoms with Crippen molar-refractivity contribution in [3.8, 4) is 0 Å². The molecule has 3 heterocycles.